The standard InChI is InChI=1S/C16H20BrNO2/c1-16(2,3)20-15(19)8-5-10-18-11-9-12-13(17)6-4-7-14(12)18/h4,6-7,9,11H,5,8,10H2,1-3H3. The van der Waals surface area contributed by atoms with E-state index in [9.17, 15) is 4.79 Å². The average Bonchev–Trinajstić information content (AvgIpc) is 2.72. The van der Waals surface area contributed by atoms with Crippen LogP contribution < -0.4 is 0 Å². The minimum Gasteiger partial charge on any atom is -0.460 e. The highest BCUT2D eigenvalue weighted by molar-refractivity contribution is 9.10. The van der Waals surface area contributed by atoms with Gasteiger partial charge in [0.05, 0.1) is 0 Å². The maximum atomic E-state index is 11.7. The summed E-state index contributed by atoms with van der Waals surface area (Å²) in [5, 5.41) is 1.20. The van der Waals surface area contributed by atoms with Crippen molar-refractivity contribution in [1.29, 1.82) is 0 Å². The van der Waals surface area contributed by atoms with E-state index in [1.165, 1.54) is 10.9 Å². The van der Waals surface area contributed by atoms with Crippen molar-refractivity contribution in [3.63, 3.8) is 0 Å². The number of aryl methyl sites for hydroxylation is 1. The van der Waals surface area contributed by atoms with E-state index in [0.717, 1.165) is 17.4 Å². The molecular formula is C16H20BrNO2. The number of carbonyl (C=O) groups excluding carboxylic acids is 1. The number of carbonyl (C=O) groups is 1. The first kappa shape index (κ1) is 15.1. The quantitative estimate of drug-likeness (QED) is 0.767. The Bertz CT molecular complexity index is 610. The summed E-state index contributed by atoms with van der Waals surface area (Å²) < 4.78 is 8.58. The molecule has 0 saturated carbocycles. The maximum Gasteiger partial charge on any atom is 0.306 e. The molecule has 4 heteroatoms. The van der Waals surface area contributed by atoms with Gasteiger partial charge in [-0.05, 0) is 45.4 Å². The van der Waals surface area contributed by atoms with Gasteiger partial charge in [0, 0.05) is 34.5 Å². The lowest BCUT2D eigenvalue weighted by Crippen LogP contribution is -2.23. The summed E-state index contributed by atoms with van der Waals surface area (Å²) in [6.45, 7) is 6.49. The Morgan fingerprint density at radius 3 is 2.75 bits per heavy atom. The fourth-order valence-corrected chi connectivity index (χ4v) is 2.66. The lowest BCUT2D eigenvalue weighted by atomic mass is 10.2. The maximum absolute atomic E-state index is 11.7. The van der Waals surface area contributed by atoms with E-state index in [2.05, 4.69) is 38.8 Å². The van der Waals surface area contributed by atoms with Crippen molar-refractivity contribution in [2.45, 2.75) is 45.8 Å². The predicted molar refractivity (Wildman–Crippen MR) is 84.7 cm³/mol. The van der Waals surface area contributed by atoms with Gasteiger partial charge in [0.25, 0.3) is 0 Å². The molecule has 0 bridgehead atoms. The predicted octanol–water partition coefficient (Wildman–Crippen LogP) is 4.53. The van der Waals surface area contributed by atoms with E-state index in [1.54, 1.807) is 0 Å². The largest absolute Gasteiger partial charge is 0.460 e. The molecule has 0 amide bonds. The van der Waals surface area contributed by atoms with Crippen LogP contribution in [0.15, 0.2) is 34.9 Å². The van der Waals surface area contributed by atoms with Crippen molar-refractivity contribution < 1.29 is 9.53 Å². The van der Waals surface area contributed by atoms with Crippen LogP contribution in [-0.4, -0.2) is 16.1 Å². The minimum atomic E-state index is -0.401. The van der Waals surface area contributed by atoms with Crippen molar-refractivity contribution in [1.82, 2.24) is 4.57 Å². The molecule has 3 nitrogen and oxygen atoms in total. The van der Waals surface area contributed by atoms with Crippen LogP contribution in [-0.2, 0) is 16.1 Å². The first-order valence-electron chi connectivity index (χ1n) is 6.82. The lowest BCUT2D eigenvalue weighted by molar-refractivity contribution is -0.154. The second kappa shape index (κ2) is 6.00. The highest BCUT2D eigenvalue weighted by Gasteiger charge is 2.15. The molecule has 0 aliphatic carbocycles. The molecule has 0 N–H and O–H groups in total. The molecule has 1 aromatic carbocycles. The van der Waals surface area contributed by atoms with Crippen molar-refractivity contribution in [2.24, 2.45) is 0 Å². The molecule has 0 radical (unpaired) electrons. The van der Waals surface area contributed by atoms with Crippen molar-refractivity contribution in [2.75, 3.05) is 0 Å². The first-order valence-corrected chi connectivity index (χ1v) is 7.61. The molecule has 1 aromatic heterocycles. The van der Waals surface area contributed by atoms with Crippen LogP contribution in [0.5, 0.6) is 0 Å². The zero-order chi connectivity index (χ0) is 14.8. The van der Waals surface area contributed by atoms with Crippen LogP contribution in [0.25, 0.3) is 10.9 Å². The first-order chi connectivity index (χ1) is 9.37. The number of esters is 1. The van der Waals surface area contributed by atoms with Gasteiger partial charge in [-0.15, -0.1) is 0 Å². The monoisotopic (exact) mass is 337 g/mol. The van der Waals surface area contributed by atoms with Crippen LogP contribution in [0.4, 0.5) is 0 Å². The van der Waals surface area contributed by atoms with E-state index < -0.39 is 5.60 Å². The smallest absolute Gasteiger partial charge is 0.306 e. The molecule has 108 valence electrons. The number of hydrogen-bond donors (Lipinski definition) is 0. The summed E-state index contributed by atoms with van der Waals surface area (Å²) in [5.74, 6) is -0.129. The van der Waals surface area contributed by atoms with E-state index in [4.69, 9.17) is 4.74 Å². The summed E-state index contributed by atoms with van der Waals surface area (Å²) in [6, 6.07) is 8.24. The van der Waals surface area contributed by atoms with Crippen molar-refractivity contribution in [3.8, 4) is 0 Å². The fourth-order valence-electron chi connectivity index (χ4n) is 2.17. The number of ether oxygens (including phenoxy) is 1. The van der Waals surface area contributed by atoms with Crippen molar-refractivity contribution >= 4 is 32.8 Å². The third kappa shape index (κ3) is 3.85. The Kier molecular flexibility index (Phi) is 4.53. The Hall–Kier alpha value is -1.29. The summed E-state index contributed by atoms with van der Waals surface area (Å²) >= 11 is 3.55. The molecule has 2 aromatic rings. The van der Waals surface area contributed by atoms with Crippen LogP contribution >= 0.6 is 15.9 Å². The summed E-state index contributed by atoms with van der Waals surface area (Å²) in [6.07, 6.45) is 3.29. The average molecular weight is 338 g/mol. The van der Waals surface area contributed by atoms with E-state index in [1.807, 2.05) is 32.9 Å². The number of fused-ring (bicyclic) bond motifs is 1. The molecule has 0 aliphatic heterocycles. The Morgan fingerprint density at radius 2 is 2.05 bits per heavy atom. The molecule has 0 atom stereocenters. The second-order valence-corrected chi connectivity index (χ2v) is 6.73. The zero-order valence-electron chi connectivity index (χ0n) is 12.1. The van der Waals surface area contributed by atoms with Crippen LogP contribution in [0.2, 0.25) is 0 Å². The molecule has 0 saturated heterocycles. The summed E-state index contributed by atoms with van der Waals surface area (Å²) in [4.78, 5) is 11.7. The normalized spacial score (nSPS) is 11.8. The van der Waals surface area contributed by atoms with Gasteiger partial charge < -0.3 is 9.30 Å². The topological polar surface area (TPSA) is 31.2 Å². The molecule has 20 heavy (non-hydrogen) atoms. The van der Waals surface area contributed by atoms with Gasteiger partial charge >= 0.3 is 5.97 Å². The second-order valence-electron chi connectivity index (χ2n) is 5.87. The molecule has 1 heterocycles. The van der Waals surface area contributed by atoms with Gasteiger partial charge in [-0.1, -0.05) is 22.0 Å². The highest BCUT2D eigenvalue weighted by atomic mass is 79.9. The van der Waals surface area contributed by atoms with Gasteiger partial charge in [0.15, 0.2) is 0 Å². The van der Waals surface area contributed by atoms with Gasteiger partial charge in [-0.2, -0.15) is 0 Å². The van der Waals surface area contributed by atoms with Crippen LogP contribution in [0.1, 0.15) is 33.6 Å². The Labute approximate surface area is 128 Å². The number of nitrogens with zero attached hydrogens (tertiary/aromatic N) is 1. The SMILES string of the molecule is CC(C)(C)OC(=O)CCCn1ccc2c(Br)cccc21. The zero-order valence-corrected chi connectivity index (χ0v) is 13.7. The molecule has 0 spiro atoms. The van der Waals surface area contributed by atoms with Crippen LogP contribution in [0, 0.1) is 0 Å². The van der Waals surface area contributed by atoms with Gasteiger partial charge in [-0.3, -0.25) is 4.79 Å². The minimum absolute atomic E-state index is 0.129. The third-order valence-electron chi connectivity index (χ3n) is 2.96. The molecule has 0 aliphatic rings. The Balaban J connectivity index is 1.94. The van der Waals surface area contributed by atoms with Gasteiger partial charge in [-0.25, -0.2) is 0 Å². The van der Waals surface area contributed by atoms with E-state index in [0.29, 0.717) is 6.42 Å². The van der Waals surface area contributed by atoms with E-state index >= 15 is 0 Å². The number of hydrogen-bond acceptors (Lipinski definition) is 2. The number of halogens is 1. The highest BCUT2D eigenvalue weighted by Crippen LogP contribution is 2.25. The number of rotatable bonds is 4. The lowest BCUT2D eigenvalue weighted by Gasteiger charge is -2.19. The fraction of sp³-hybridized carbons (Fsp3) is 0.438. The molecule has 0 unspecified atom stereocenters. The van der Waals surface area contributed by atoms with E-state index in [-0.39, 0.29) is 5.97 Å². The summed E-state index contributed by atoms with van der Waals surface area (Å²) in [5.41, 5.74) is 0.783. The third-order valence-corrected chi connectivity index (χ3v) is 3.65. The number of benzene rings is 1. The number of aromatic nitrogens is 1. The molecule has 0 fully saturated rings. The molecule has 2 rings (SSSR count). The van der Waals surface area contributed by atoms with Crippen LogP contribution in [0.3, 0.4) is 0 Å². The Morgan fingerprint density at radius 1 is 1.30 bits per heavy atom. The van der Waals surface area contributed by atoms with Crippen molar-refractivity contribution in [3.05, 3.63) is 34.9 Å². The van der Waals surface area contributed by atoms with Gasteiger partial charge in [0.1, 0.15) is 5.60 Å². The summed E-state index contributed by atoms with van der Waals surface area (Å²) in [7, 11) is 0. The molecular weight excluding hydrogens is 318 g/mol. The van der Waals surface area contributed by atoms with Gasteiger partial charge in [0.2, 0.25) is 0 Å².